The lowest BCUT2D eigenvalue weighted by atomic mass is 10.2. The Labute approximate surface area is 246 Å². The zero-order valence-corrected chi connectivity index (χ0v) is 24.4. The number of sulfonamides is 1. The molecule has 4 heterocycles. The first kappa shape index (κ1) is 29.4. The minimum absolute atomic E-state index is 0.0198. The number of benzene rings is 1. The summed E-state index contributed by atoms with van der Waals surface area (Å²) in [6, 6.07) is 6.88. The van der Waals surface area contributed by atoms with E-state index in [0.717, 1.165) is 0 Å². The summed E-state index contributed by atoms with van der Waals surface area (Å²) in [6.45, 7) is 2.65. The minimum atomic E-state index is -3.59. The first-order valence-corrected chi connectivity index (χ1v) is 15.1. The van der Waals surface area contributed by atoms with E-state index in [-0.39, 0.29) is 17.2 Å². The first-order chi connectivity index (χ1) is 20.2. The van der Waals surface area contributed by atoms with Crippen LogP contribution in [0.1, 0.15) is 16.2 Å². The fourth-order valence-corrected chi connectivity index (χ4v) is 5.80. The van der Waals surface area contributed by atoms with E-state index in [0.29, 0.717) is 78.7 Å². The molecule has 42 heavy (non-hydrogen) atoms. The molecule has 222 valence electrons. The van der Waals surface area contributed by atoms with Crippen LogP contribution >= 0.6 is 11.6 Å². The van der Waals surface area contributed by atoms with Crippen molar-refractivity contribution in [3.05, 3.63) is 48.0 Å². The van der Waals surface area contributed by atoms with Crippen LogP contribution in [0.15, 0.2) is 36.7 Å². The molecule has 1 fully saturated rings. The van der Waals surface area contributed by atoms with Crippen LogP contribution in [-0.2, 0) is 28.4 Å². The fraction of sp³-hybridized carbons (Fsp3) is 0.360. The summed E-state index contributed by atoms with van der Waals surface area (Å²) in [4.78, 5) is 38.5. The van der Waals surface area contributed by atoms with Crippen molar-refractivity contribution in [3.8, 4) is 11.4 Å². The number of nitrogens with zero attached hydrogens (tertiary/aromatic N) is 8. The van der Waals surface area contributed by atoms with Gasteiger partial charge < -0.3 is 19.1 Å². The predicted octanol–water partition coefficient (Wildman–Crippen LogP) is 1.39. The van der Waals surface area contributed by atoms with E-state index in [9.17, 15) is 13.2 Å². The maximum absolute atomic E-state index is 12.3. The number of imidazole rings is 1. The molecule has 0 radical (unpaired) electrons. The molecule has 1 amide bonds. The van der Waals surface area contributed by atoms with Crippen LogP contribution in [0.3, 0.4) is 0 Å². The van der Waals surface area contributed by atoms with Gasteiger partial charge in [-0.3, -0.25) is 14.7 Å². The van der Waals surface area contributed by atoms with Gasteiger partial charge in [0.05, 0.1) is 31.1 Å². The third-order valence-electron chi connectivity index (χ3n) is 6.57. The summed E-state index contributed by atoms with van der Waals surface area (Å²) in [5, 5.41) is 8.82. The number of carbonyl (C=O) groups excluding carboxylic acids is 1. The topological polar surface area (TPSA) is 181 Å². The Hall–Kier alpha value is -4.12. The second-order valence-electron chi connectivity index (χ2n) is 9.49. The van der Waals surface area contributed by atoms with Crippen molar-refractivity contribution >= 4 is 56.1 Å². The Morgan fingerprint density at radius 3 is 2.60 bits per heavy atom. The summed E-state index contributed by atoms with van der Waals surface area (Å²) in [5.41, 5.74) is 3.88. The highest BCUT2D eigenvalue weighted by atomic mass is 35.5. The molecule has 17 heteroatoms. The van der Waals surface area contributed by atoms with Gasteiger partial charge in [0.2, 0.25) is 16.0 Å². The number of ether oxygens (including phenoxy) is 1. The molecule has 0 bridgehead atoms. The van der Waals surface area contributed by atoms with Crippen molar-refractivity contribution in [2.24, 2.45) is 7.05 Å². The molecule has 1 aromatic carbocycles. The van der Waals surface area contributed by atoms with Gasteiger partial charge in [0.1, 0.15) is 5.82 Å². The van der Waals surface area contributed by atoms with Crippen LogP contribution in [0.25, 0.3) is 22.6 Å². The number of hydrogen-bond donors (Lipinski definition) is 3. The van der Waals surface area contributed by atoms with E-state index >= 15 is 0 Å². The van der Waals surface area contributed by atoms with E-state index < -0.39 is 15.9 Å². The second-order valence-corrected chi connectivity index (χ2v) is 11.7. The highest BCUT2D eigenvalue weighted by Crippen LogP contribution is 2.30. The van der Waals surface area contributed by atoms with Gasteiger partial charge in [0, 0.05) is 56.7 Å². The fourth-order valence-electron chi connectivity index (χ4n) is 4.39. The Bertz CT molecular complexity index is 1690. The third kappa shape index (κ3) is 6.35. The van der Waals surface area contributed by atoms with Crippen molar-refractivity contribution in [2.45, 2.75) is 6.54 Å². The normalized spacial score (nSPS) is 13.8. The maximum Gasteiger partial charge on any atom is 0.277 e. The number of anilines is 3. The number of rotatable bonds is 10. The number of aromatic nitrogens is 6. The summed E-state index contributed by atoms with van der Waals surface area (Å²) >= 11 is 5.64. The SMILES string of the molecule is CN(Cc1nc2c(N3CCOCC3)nc(-c3cccc(NS(=O)(=O)CCCl)c3)nc2n1C)c1ncc(C(=O)NO)cn1. The number of aryl methyl sites for hydroxylation is 1. The van der Waals surface area contributed by atoms with Crippen LogP contribution in [-0.4, -0.2) is 94.0 Å². The van der Waals surface area contributed by atoms with Gasteiger partial charge in [-0.2, -0.15) is 0 Å². The Balaban J connectivity index is 1.52. The lowest BCUT2D eigenvalue weighted by Gasteiger charge is -2.28. The molecule has 1 aliphatic rings. The molecule has 3 aromatic heterocycles. The molecule has 0 aliphatic carbocycles. The Morgan fingerprint density at radius 2 is 1.90 bits per heavy atom. The highest BCUT2D eigenvalue weighted by molar-refractivity contribution is 7.92. The number of morpholine rings is 1. The van der Waals surface area contributed by atoms with Gasteiger partial charge in [-0.15, -0.1) is 11.6 Å². The lowest BCUT2D eigenvalue weighted by Crippen LogP contribution is -2.37. The van der Waals surface area contributed by atoms with E-state index in [1.807, 2.05) is 17.7 Å². The number of nitrogens with one attached hydrogen (secondary N) is 2. The van der Waals surface area contributed by atoms with Gasteiger partial charge in [0.15, 0.2) is 22.8 Å². The van der Waals surface area contributed by atoms with E-state index in [1.54, 1.807) is 35.6 Å². The van der Waals surface area contributed by atoms with Crippen molar-refractivity contribution in [1.29, 1.82) is 0 Å². The van der Waals surface area contributed by atoms with Gasteiger partial charge in [-0.25, -0.2) is 38.8 Å². The van der Waals surface area contributed by atoms with Crippen LogP contribution < -0.4 is 20.0 Å². The van der Waals surface area contributed by atoms with Crippen LogP contribution in [0.4, 0.5) is 17.5 Å². The van der Waals surface area contributed by atoms with Gasteiger partial charge in [-0.1, -0.05) is 12.1 Å². The predicted molar refractivity (Wildman–Crippen MR) is 156 cm³/mol. The molecular weight excluding hydrogens is 588 g/mol. The van der Waals surface area contributed by atoms with Crippen LogP contribution in [0, 0.1) is 0 Å². The molecule has 1 aliphatic heterocycles. The van der Waals surface area contributed by atoms with Crippen molar-refractivity contribution in [1.82, 2.24) is 35.0 Å². The average Bonchev–Trinajstić information content (AvgIpc) is 3.31. The lowest BCUT2D eigenvalue weighted by molar-refractivity contribution is 0.0705. The number of alkyl halides is 1. The van der Waals surface area contributed by atoms with E-state index in [4.69, 9.17) is 36.5 Å². The molecular formula is C25H29ClN10O5S. The smallest absolute Gasteiger partial charge is 0.277 e. The average molecular weight is 617 g/mol. The molecule has 4 aromatic rings. The number of hydroxylamine groups is 1. The monoisotopic (exact) mass is 616 g/mol. The van der Waals surface area contributed by atoms with Gasteiger partial charge >= 0.3 is 0 Å². The molecule has 1 saturated heterocycles. The van der Waals surface area contributed by atoms with Crippen molar-refractivity contribution < 1.29 is 23.2 Å². The van der Waals surface area contributed by atoms with E-state index in [2.05, 4.69) is 19.6 Å². The third-order valence-corrected chi connectivity index (χ3v) is 8.27. The number of amides is 1. The minimum Gasteiger partial charge on any atom is -0.378 e. The highest BCUT2D eigenvalue weighted by Gasteiger charge is 2.23. The molecule has 0 saturated carbocycles. The zero-order valence-electron chi connectivity index (χ0n) is 22.9. The molecule has 5 rings (SSSR count). The molecule has 15 nitrogen and oxygen atoms in total. The van der Waals surface area contributed by atoms with Crippen LogP contribution in [0.2, 0.25) is 0 Å². The largest absolute Gasteiger partial charge is 0.378 e. The van der Waals surface area contributed by atoms with Gasteiger partial charge in [0.25, 0.3) is 5.91 Å². The first-order valence-electron chi connectivity index (χ1n) is 12.9. The summed E-state index contributed by atoms with van der Waals surface area (Å²) in [5.74, 6) is 1.14. The van der Waals surface area contributed by atoms with Gasteiger partial charge in [-0.05, 0) is 12.1 Å². The Morgan fingerprint density at radius 1 is 1.17 bits per heavy atom. The summed E-state index contributed by atoms with van der Waals surface area (Å²) in [7, 11) is 0.0464. The van der Waals surface area contributed by atoms with E-state index in [1.165, 1.54) is 12.4 Å². The number of fused-ring (bicyclic) bond motifs is 1. The molecule has 0 unspecified atom stereocenters. The quantitative estimate of drug-likeness (QED) is 0.133. The standard InChI is InChI=1S/C25H29ClN10O5S/c1-34(25-27-13-17(14-28-25)24(37)32-38)15-19-29-20-22(35(19)2)30-21(31-23(20)36-7-9-41-10-8-36)16-4-3-5-18(12-16)33-42(39,40)11-6-26/h3-5,12-14,33,38H,6-11,15H2,1-2H3,(H,32,37). The molecule has 0 spiro atoms. The summed E-state index contributed by atoms with van der Waals surface area (Å²) < 4.78 is 34.5. The van der Waals surface area contributed by atoms with Crippen molar-refractivity contribution in [3.63, 3.8) is 0 Å². The number of hydrogen-bond acceptors (Lipinski definition) is 12. The number of halogens is 1. The zero-order chi connectivity index (χ0) is 29.9. The van der Waals surface area contributed by atoms with Crippen molar-refractivity contribution in [2.75, 3.05) is 59.5 Å². The molecule has 0 atom stereocenters. The summed E-state index contributed by atoms with van der Waals surface area (Å²) in [6.07, 6.45) is 2.63. The maximum atomic E-state index is 12.3. The molecule has 3 N–H and O–H groups in total. The number of carbonyl (C=O) groups is 1. The Kier molecular flexibility index (Phi) is 8.67. The second kappa shape index (κ2) is 12.4. The van der Waals surface area contributed by atoms with Crippen LogP contribution in [0.5, 0.6) is 0 Å².